The zero-order valence-corrected chi connectivity index (χ0v) is 18.3. The van der Waals surface area contributed by atoms with Gasteiger partial charge < -0.3 is 20.3 Å². The van der Waals surface area contributed by atoms with E-state index in [4.69, 9.17) is 27.9 Å². The molecule has 2 aliphatic heterocycles. The molecule has 2 N–H and O–H groups in total. The lowest BCUT2D eigenvalue weighted by Crippen LogP contribution is -2.50. The number of alkyl halides is 1. The molecular weight excluding hydrogens is 447 g/mol. The van der Waals surface area contributed by atoms with Crippen LogP contribution in [-0.4, -0.2) is 55.3 Å². The summed E-state index contributed by atoms with van der Waals surface area (Å²) < 4.78 is 34.5. The molecule has 2 aromatic carbocycles. The lowest BCUT2D eigenvalue weighted by molar-refractivity contribution is 0.0425. The monoisotopic (exact) mass is 469 g/mol. The van der Waals surface area contributed by atoms with E-state index in [2.05, 4.69) is 10.6 Å². The Morgan fingerprint density at radius 1 is 1.23 bits per heavy atom. The van der Waals surface area contributed by atoms with Crippen LogP contribution in [0.2, 0.25) is 10.0 Å². The highest BCUT2D eigenvalue weighted by Crippen LogP contribution is 2.36. The van der Waals surface area contributed by atoms with Crippen molar-refractivity contribution in [2.24, 2.45) is 0 Å². The Morgan fingerprint density at radius 2 is 2.00 bits per heavy atom. The molecule has 5 nitrogen and oxygen atoms in total. The predicted octanol–water partition coefficient (Wildman–Crippen LogP) is 4.54. The Balaban J connectivity index is 1.25. The first kappa shape index (κ1) is 22.1. The van der Waals surface area contributed by atoms with Crippen molar-refractivity contribution < 1.29 is 18.3 Å². The molecule has 0 radical (unpaired) electrons. The second-order valence-corrected chi connectivity index (χ2v) is 8.75. The first-order valence-electron chi connectivity index (χ1n) is 10.2. The van der Waals surface area contributed by atoms with E-state index in [0.717, 1.165) is 11.8 Å². The predicted molar refractivity (Wildman–Crippen MR) is 118 cm³/mol. The standard InChI is InChI=1S/C22H23Cl2F2N3O2/c23-16-2-1-3-19-20(16)31-15(12-28-19)11-27-13-22(26)6-8-29(9-7-22)21(30)14-4-5-18(25)17(24)10-14/h1-5,10,15,27-28H,6-9,11-13H2. The van der Waals surface area contributed by atoms with E-state index in [-0.39, 0.29) is 49.5 Å². The average molecular weight is 470 g/mol. The molecule has 0 bridgehead atoms. The summed E-state index contributed by atoms with van der Waals surface area (Å²) in [4.78, 5) is 14.2. The number of nitrogens with one attached hydrogen (secondary N) is 2. The molecule has 4 rings (SSSR count). The van der Waals surface area contributed by atoms with Gasteiger partial charge in [0.2, 0.25) is 0 Å². The molecule has 1 amide bonds. The number of carbonyl (C=O) groups excluding carboxylic acids is 1. The van der Waals surface area contributed by atoms with E-state index in [9.17, 15) is 9.18 Å². The molecule has 2 aromatic rings. The molecule has 166 valence electrons. The maximum Gasteiger partial charge on any atom is 0.253 e. The molecular formula is C22H23Cl2F2N3O2. The van der Waals surface area contributed by atoms with Gasteiger partial charge in [0.05, 0.1) is 22.3 Å². The number of carbonyl (C=O) groups is 1. The fourth-order valence-corrected chi connectivity index (χ4v) is 4.27. The number of halogens is 4. The van der Waals surface area contributed by atoms with E-state index in [1.807, 2.05) is 12.1 Å². The van der Waals surface area contributed by atoms with Crippen molar-refractivity contribution in [2.45, 2.75) is 24.6 Å². The summed E-state index contributed by atoms with van der Waals surface area (Å²) in [6.45, 7) is 1.82. The summed E-state index contributed by atoms with van der Waals surface area (Å²) in [5.74, 6) is -0.229. The number of para-hydroxylation sites is 1. The quantitative estimate of drug-likeness (QED) is 0.674. The fraction of sp³-hybridized carbons (Fsp3) is 0.409. The molecule has 1 fully saturated rings. The molecule has 0 saturated carbocycles. The Hall–Kier alpha value is -2.09. The number of ether oxygens (including phenoxy) is 1. The highest BCUT2D eigenvalue weighted by molar-refractivity contribution is 6.32. The van der Waals surface area contributed by atoms with Gasteiger partial charge in [0.15, 0.2) is 5.75 Å². The van der Waals surface area contributed by atoms with Crippen molar-refractivity contribution in [1.29, 1.82) is 0 Å². The zero-order chi connectivity index (χ0) is 22.0. The maximum atomic E-state index is 15.2. The average Bonchev–Trinajstić information content (AvgIpc) is 2.76. The molecule has 1 unspecified atom stereocenters. The van der Waals surface area contributed by atoms with Gasteiger partial charge in [-0.25, -0.2) is 8.78 Å². The largest absolute Gasteiger partial charge is 0.484 e. The first-order chi connectivity index (χ1) is 14.8. The maximum absolute atomic E-state index is 15.2. The van der Waals surface area contributed by atoms with Crippen LogP contribution >= 0.6 is 23.2 Å². The molecule has 31 heavy (non-hydrogen) atoms. The van der Waals surface area contributed by atoms with Gasteiger partial charge in [0.1, 0.15) is 17.6 Å². The van der Waals surface area contributed by atoms with E-state index in [1.54, 1.807) is 11.0 Å². The van der Waals surface area contributed by atoms with Crippen molar-refractivity contribution in [3.05, 3.63) is 57.8 Å². The van der Waals surface area contributed by atoms with Crippen molar-refractivity contribution >= 4 is 34.8 Å². The number of anilines is 1. The van der Waals surface area contributed by atoms with E-state index in [0.29, 0.717) is 29.4 Å². The Bertz CT molecular complexity index is 968. The Morgan fingerprint density at radius 3 is 2.74 bits per heavy atom. The lowest BCUT2D eigenvalue weighted by Gasteiger charge is -2.37. The first-order valence-corrected chi connectivity index (χ1v) is 10.9. The summed E-state index contributed by atoms with van der Waals surface area (Å²) in [7, 11) is 0. The summed E-state index contributed by atoms with van der Waals surface area (Å²) in [6.07, 6.45) is 0.277. The van der Waals surface area contributed by atoms with Gasteiger partial charge in [0.25, 0.3) is 5.91 Å². The van der Waals surface area contributed by atoms with Crippen LogP contribution in [0.15, 0.2) is 36.4 Å². The summed E-state index contributed by atoms with van der Waals surface area (Å²) >= 11 is 11.9. The summed E-state index contributed by atoms with van der Waals surface area (Å²) in [5.41, 5.74) is -0.253. The molecule has 2 aliphatic rings. The van der Waals surface area contributed by atoms with Crippen LogP contribution in [0.1, 0.15) is 23.2 Å². The number of hydrogen-bond acceptors (Lipinski definition) is 4. The number of fused-ring (bicyclic) bond motifs is 1. The topological polar surface area (TPSA) is 53.6 Å². The van der Waals surface area contributed by atoms with E-state index in [1.165, 1.54) is 12.1 Å². The zero-order valence-electron chi connectivity index (χ0n) is 16.8. The number of piperidine rings is 1. The Labute approximate surface area is 189 Å². The van der Waals surface area contributed by atoms with Crippen molar-refractivity contribution in [2.75, 3.05) is 38.0 Å². The van der Waals surface area contributed by atoms with Crippen molar-refractivity contribution in [3.8, 4) is 5.75 Å². The van der Waals surface area contributed by atoms with Gasteiger partial charge in [-0.2, -0.15) is 0 Å². The van der Waals surface area contributed by atoms with Crippen LogP contribution in [0.3, 0.4) is 0 Å². The minimum atomic E-state index is -1.41. The Kier molecular flexibility index (Phi) is 6.55. The van der Waals surface area contributed by atoms with Gasteiger partial charge in [-0.15, -0.1) is 0 Å². The third-order valence-electron chi connectivity index (χ3n) is 5.70. The molecule has 9 heteroatoms. The number of rotatable bonds is 5. The van der Waals surface area contributed by atoms with Crippen LogP contribution < -0.4 is 15.4 Å². The smallest absolute Gasteiger partial charge is 0.253 e. The number of hydrogen-bond donors (Lipinski definition) is 2. The molecule has 2 heterocycles. The van der Waals surface area contributed by atoms with Crippen LogP contribution in [-0.2, 0) is 0 Å². The van der Waals surface area contributed by atoms with Gasteiger partial charge in [-0.05, 0) is 30.3 Å². The highest BCUT2D eigenvalue weighted by Gasteiger charge is 2.36. The normalized spacial score (nSPS) is 19.9. The number of likely N-dealkylation sites (tertiary alicyclic amines) is 1. The van der Waals surface area contributed by atoms with Crippen LogP contribution in [0.5, 0.6) is 5.75 Å². The third kappa shape index (κ3) is 5.05. The third-order valence-corrected chi connectivity index (χ3v) is 6.29. The highest BCUT2D eigenvalue weighted by atomic mass is 35.5. The van der Waals surface area contributed by atoms with Crippen molar-refractivity contribution in [1.82, 2.24) is 10.2 Å². The second kappa shape index (κ2) is 9.18. The lowest BCUT2D eigenvalue weighted by atomic mass is 9.92. The van der Waals surface area contributed by atoms with Crippen LogP contribution in [0.25, 0.3) is 0 Å². The summed E-state index contributed by atoms with van der Waals surface area (Å²) in [6, 6.07) is 9.38. The molecule has 0 aliphatic carbocycles. The number of amides is 1. The molecule has 1 atom stereocenters. The summed E-state index contributed by atoms with van der Waals surface area (Å²) in [5, 5.41) is 6.87. The van der Waals surface area contributed by atoms with Crippen molar-refractivity contribution in [3.63, 3.8) is 0 Å². The van der Waals surface area contributed by atoms with Gasteiger partial charge >= 0.3 is 0 Å². The van der Waals surface area contributed by atoms with Gasteiger partial charge in [0, 0.05) is 44.6 Å². The number of benzene rings is 2. The van der Waals surface area contributed by atoms with Crippen LogP contribution in [0, 0.1) is 5.82 Å². The van der Waals surface area contributed by atoms with E-state index >= 15 is 4.39 Å². The molecule has 0 spiro atoms. The van der Waals surface area contributed by atoms with Crippen LogP contribution in [0.4, 0.5) is 14.5 Å². The van der Waals surface area contributed by atoms with Gasteiger partial charge in [-0.1, -0.05) is 29.3 Å². The minimum Gasteiger partial charge on any atom is -0.484 e. The van der Waals surface area contributed by atoms with E-state index < -0.39 is 11.5 Å². The van der Waals surface area contributed by atoms with Gasteiger partial charge in [-0.3, -0.25) is 4.79 Å². The molecule has 0 aromatic heterocycles. The molecule has 1 saturated heterocycles. The number of nitrogens with zero attached hydrogens (tertiary/aromatic N) is 1. The second-order valence-electron chi connectivity index (χ2n) is 7.94. The minimum absolute atomic E-state index is 0.102. The SMILES string of the molecule is O=C(c1ccc(F)c(Cl)c1)N1CCC(F)(CNCC2CNc3cccc(Cl)c3O2)CC1. The fourth-order valence-electron chi connectivity index (χ4n) is 3.87.